The fraction of sp³-hybridized carbons (Fsp3) is 0.643. The average Bonchev–Trinajstić information content (AvgIpc) is 2.43. The Morgan fingerprint density at radius 1 is 1.53 bits per heavy atom. The smallest absolute Gasteiger partial charge is 0.170 e. The summed E-state index contributed by atoms with van der Waals surface area (Å²) >= 11 is 1.81. The molecular formula is C14H24FN3S. The average molecular weight is 285 g/mol. The van der Waals surface area contributed by atoms with Gasteiger partial charge in [0.1, 0.15) is 0 Å². The van der Waals surface area contributed by atoms with Crippen LogP contribution in [0.3, 0.4) is 0 Å². The van der Waals surface area contributed by atoms with Crippen molar-refractivity contribution in [2.24, 2.45) is 0 Å². The molecule has 0 aliphatic carbocycles. The molecule has 1 heterocycles. The Morgan fingerprint density at radius 2 is 2.26 bits per heavy atom. The van der Waals surface area contributed by atoms with Crippen molar-refractivity contribution in [1.29, 1.82) is 0 Å². The van der Waals surface area contributed by atoms with E-state index in [1.54, 1.807) is 12.3 Å². The van der Waals surface area contributed by atoms with Gasteiger partial charge >= 0.3 is 0 Å². The Labute approximate surface area is 120 Å². The maximum atomic E-state index is 14.4. The molecule has 1 atom stereocenters. The van der Waals surface area contributed by atoms with E-state index in [4.69, 9.17) is 0 Å². The largest absolute Gasteiger partial charge is 0.355 e. The molecule has 108 valence electrons. The lowest BCUT2D eigenvalue weighted by atomic mass is 10.2. The first-order chi connectivity index (χ1) is 9.11. The highest BCUT2D eigenvalue weighted by molar-refractivity contribution is 7.98. The number of thioether (sulfide) groups is 1. The maximum absolute atomic E-state index is 14.4. The highest BCUT2D eigenvalue weighted by Crippen LogP contribution is 2.21. The maximum Gasteiger partial charge on any atom is 0.170 e. The summed E-state index contributed by atoms with van der Waals surface area (Å²) in [6.07, 6.45) is 4.79. The first-order valence-electron chi connectivity index (χ1n) is 6.67. The van der Waals surface area contributed by atoms with Gasteiger partial charge in [-0.25, -0.2) is 9.37 Å². The standard InChI is InChI=1S/C14H24FN3S/c1-5-16-10-12-6-8-17-14(13(12)15)18(3)11(2)7-9-19-4/h6,8,11,16H,5,7,9-10H2,1-4H3. The molecule has 0 fully saturated rings. The number of halogens is 1. The van der Waals surface area contributed by atoms with Gasteiger partial charge in [-0.1, -0.05) is 6.92 Å². The van der Waals surface area contributed by atoms with Gasteiger partial charge in [0.05, 0.1) is 0 Å². The van der Waals surface area contributed by atoms with Crippen LogP contribution in [-0.4, -0.2) is 36.6 Å². The summed E-state index contributed by atoms with van der Waals surface area (Å²) in [5, 5.41) is 3.15. The van der Waals surface area contributed by atoms with Crippen molar-refractivity contribution in [2.45, 2.75) is 32.9 Å². The highest BCUT2D eigenvalue weighted by atomic mass is 32.2. The van der Waals surface area contributed by atoms with Gasteiger partial charge in [0.2, 0.25) is 0 Å². The number of pyridine rings is 1. The van der Waals surface area contributed by atoms with E-state index in [9.17, 15) is 4.39 Å². The van der Waals surface area contributed by atoms with Crippen molar-refractivity contribution in [1.82, 2.24) is 10.3 Å². The monoisotopic (exact) mass is 285 g/mol. The molecule has 1 rings (SSSR count). The Balaban J connectivity index is 2.81. The van der Waals surface area contributed by atoms with E-state index in [-0.39, 0.29) is 11.9 Å². The minimum atomic E-state index is -0.207. The number of hydrogen-bond donors (Lipinski definition) is 1. The van der Waals surface area contributed by atoms with Gasteiger partial charge in [-0.3, -0.25) is 0 Å². The molecule has 1 aromatic rings. The molecule has 0 aliphatic heterocycles. The zero-order valence-corrected chi connectivity index (χ0v) is 13.1. The Kier molecular flexibility index (Phi) is 7.16. The van der Waals surface area contributed by atoms with Gasteiger partial charge in [-0.2, -0.15) is 11.8 Å². The molecule has 0 aliphatic rings. The van der Waals surface area contributed by atoms with E-state index in [1.165, 1.54) is 0 Å². The molecule has 0 saturated heterocycles. The second-order valence-corrected chi connectivity index (χ2v) is 5.61. The van der Waals surface area contributed by atoms with Gasteiger partial charge < -0.3 is 10.2 Å². The van der Waals surface area contributed by atoms with Gasteiger partial charge in [0, 0.05) is 31.4 Å². The van der Waals surface area contributed by atoms with E-state index >= 15 is 0 Å². The van der Waals surface area contributed by atoms with Crippen molar-refractivity contribution in [3.63, 3.8) is 0 Å². The second kappa shape index (κ2) is 8.38. The molecule has 1 N–H and O–H groups in total. The summed E-state index contributed by atoms with van der Waals surface area (Å²) in [5.74, 6) is 1.32. The van der Waals surface area contributed by atoms with Crippen LogP contribution in [0.25, 0.3) is 0 Å². The number of anilines is 1. The molecule has 0 bridgehead atoms. The van der Waals surface area contributed by atoms with Crippen LogP contribution in [0.4, 0.5) is 10.2 Å². The molecular weight excluding hydrogens is 261 g/mol. The fourth-order valence-electron chi connectivity index (χ4n) is 1.80. The molecule has 1 unspecified atom stereocenters. The normalized spacial score (nSPS) is 12.5. The Bertz CT molecular complexity index is 387. The van der Waals surface area contributed by atoms with Crippen molar-refractivity contribution in [2.75, 3.05) is 30.5 Å². The topological polar surface area (TPSA) is 28.2 Å². The number of nitrogens with zero attached hydrogens (tertiary/aromatic N) is 2. The number of nitrogens with one attached hydrogen (secondary N) is 1. The lowest BCUT2D eigenvalue weighted by Gasteiger charge is -2.26. The zero-order chi connectivity index (χ0) is 14.3. The van der Waals surface area contributed by atoms with Gasteiger partial charge in [0.15, 0.2) is 11.6 Å². The third-order valence-corrected chi connectivity index (χ3v) is 3.90. The van der Waals surface area contributed by atoms with Gasteiger partial charge in [-0.15, -0.1) is 0 Å². The molecule has 0 spiro atoms. The van der Waals surface area contributed by atoms with Crippen LogP contribution in [0.15, 0.2) is 12.3 Å². The van der Waals surface area contributed by atoms with Crippen LogP contribution in [0.2, 0.25) is 0 Å². The summed E-state index contributed by atoms with van der Waals surface area (Å²) < 4.78 is 14.4. The number of rotatable bonds is 8. The SMILES string of the molecule is CCNCc1ccnc(N(C)C(C)CCSC)c1F. The van der Waals surface area contributed by atoms with Crippen molar-refractivity contribution < 1.29 is 4.39 Å². The van der Waals surface area contributed by atoms with Crippen LogP contribution in [0, 0.1) is 5.82 Å². The first-order valence-corrected chi connectivity index (χ1v) is 8.07. The lowest BCUT2D eigenvalue weighted by molar-refractivity contribution is 0.568. The van der Waals surface area contributed by atoms with E-state index in [1.807, 2.05) is 30.6 Å². The summed E-state index contributed by atoms with van der Waals surface area (Å²) in [7, 11) is 1.91. The minimum absolute atomic E-state index is 0.207. The minimum Gasteiger partial charge on any atom is -0.355 e. The zero-order valence-electron chi connectivity index (χ0n) is 12.2. The molecule has 3 nitrogen and oxygen atoms in total. The third kappa shape index (κ3) is 4.66. The second-order valence-electron chi connectivity index (χ2n) is 4.63. The highest BCUT2D eigenvalue weighted by Gasteiger charge is 2.17. The summed E-state index contributed by atoms with van der Waals surface area (Å²) in [5.41, 5.74) is 0.677. The number of hydrogen-bond acceptors (Lipinski definition) is 4. The number of aromatic nitrogens is 1. The summed E-state index contributed by atoms with van der Waals surface area (Å²) in [4.78, 5) is 6.12. The lowest BCUT2D eigenvalue weighted by Crippen LogP contribution is -2.31. The summed E-state index contributed by atoms with van der Waals surface area (Å²) in [6, 6.07) is 2.02. The van der Waals surface area contributed by atoms with E-state index < -0.39 is 0 Å². The van der Waals surface area contributed by atoms with Crippen molar-refractivity contribution >= 4 is 17.6 Å². The van der Waals surface area contributed by atoms with Gasteiger partial charge in [0.25, 0.3) is 0 Å². The van der Waals surface area contributed by atoms with Crippen molar-refractivity contribution in [3.8, 4) is 0 Å². The molecule has 19 heavy (non-hydrogen) atoms. The molecule has 1 aromatic heterocycles. The molecule has 0 aromatic carbocycles. The van der Waals surface area contributed by atoms with Gasteiger partial charge in [-0.05, 0) is 38.0 Å². The van der Waals surface area contributed by atoms with Crippen molar-refractivity contribution in [3.05, 3.63) is 23.6 Å². The van der Waals surface area contributed by atoms with E-state index in [0.717, 1.165) is 18.7 Å². The van der Waals surface area contributed by atoms with E-state index in [2.05, 4.69) is 23.5 Å². The Hall–Kier alpha value is -0.810. The van der Waals surface area contributed by atoms with E-state index in [0.29, 0.717) is 17.9 Å². The quantitative estimate of drug-likeness (QED) is 0.795. The molecule has 5 heteroatoms. The third-order valence-electron chi connectivity index (χ3n) is 3.25. The fourth-order valence-corrected chi connectivity index (χ4v) is 2.38. The van der Waals surface area contributed by atoms with Crippen LogP contribution in [0.5, 0.6) is 0 Å². The predicted octanol–water partition coefficient (Wildman–Crippen LogP) is 2.91. The molecule has 0 amide bonds. The van der Waals surface area contributed by atoms with Crippen LogP contribution < -0.4 is 10.2 Å². The molecule has 0 saturated carbocycles. The van der Waals surface area contributed by atoms with Crippen LogP contribution >= 0.6 is 11.8 Å². The predicted molar refractivity (Wildman–Crippen MR) is 82.4 cm³/mol. The summed E-state index contributed by atoms with van der Waals surface area (Å²) in [6.45, 7) is 5.49. The van der Waals surface area contributed by atoms with Crippen LogP contribution in [0.1, 0.15) is 25.8 Å². The first kappa shape index (κ1) is 16.2. The Morgan fingerprint density at radius 3 is 2.89 bits per heavy atom. The van der Waals surface area contributed by atoms with Crippen LogP contribution in [-0.2, 0) is 6.54 Å². The molecule has 0 radical (unpaired) electrons.